The van der Waals surface area contributed by atoms with Crippen molar-refractivity contribution >= 4 is 5.91 Å². The molecule has 1 rings (SSSR count). The average molecular weight is 212 g/mol. The van der Waals surface area contributed by atoms with Gasteiger partial charge in [0.05, 0.1) is 6.54 Å². The predicted octanol–water partition coefficient (Wildman–Crippen LogP) is -0.503. The number of nitrogens with one attached hydrogen (secondary N) is 1. The molecule has 1 heterocycles. The number of hydrogen-bond donors (Lipinski definition) is 1. The van der Waals surface area contributed by atoms with Crippen molar-refractivity contribution in [3.63, 3.8) is 0 Å². The van der Waals surface area contributed by atoms with Crippen LogP contribution in [0.2, 0.25) is 0 Å². The summed E-state index contributed by atoms with van der Waals surface area (Å²) in [6.07, 6.45) is 1.71. The second-order valence-corrected chi connectivity index (χ2v) is 3.72. The molecule has 0 fully saturated rings. The van der Waals surface area contributed by atoms with Gasteiger partial charge in [0, 0.05) is 19.5 Å². The molecule has 0 saturated heterocycles. The number of hydrogen-bond acceptors (Lipinski definition) is 3. The Bertz CT molecular complexity index is 391. The lowest BCUT2D eigenvalue weighted by Crippen LogP contribution is -2.32. The van der Waals surface area contributed by atoms with Gasteiger partial charge in [0.15, 0.2) is 0 Å². The zero-order chi connectivity index (χ0) is 11.4. The fourth-order valence-corrected chi connectivity index (χ4v) is 1.18. The van der Waals surface area contributed by atoms with Gasteiger partial charge < -0.3 is 5.32 Å². The first-order valence-electron chi connectivity index (χ1n) is 4.88. The molecule has 15 heavy (non-hydrogen) atoms. The number of amides is 1. The minimum absolute atomic E-state index is 0.0671. The van der Waals surface area contributed by atoms with Gasteiger partial charge in [-0.25, -0.2) is 9.48 Å². The molecule has 1 N–H and O–H groups in total. The fraction of sp³-hybridized carbons (Fsp3) is 0.667. The van der Waals surface area contributed by atoms with Gasteiger partial charge in [-0.3, -0.25) is 9.36 Å². The smallest absolute Gasteiger partial charge is 0.345 e. The van der Waals surface area contributed by atoms with Crippen molar-refractivity contribution in [2.75, 3.05) is 0 Å². The van der Waals surface area contributed by atoms with Crippen LogP contribution >= 0.6 is 0 Å². The van der Waals surface area contributed by atoms with E-state index < -0.39 is 0 Å². The lowest BCUT2D eigenvalue weighted by Gasteiger charge is -2.07. The lowest BCUT2D eigenvalue weighted by atomic mass is 10.3. The van der Waals surface area contributed by atoms with Gasteiger partial charge in [-0.15, -0.1) is 0 Å². The van der Waals surface area contributed by atoms with E-state index in [-0.39, 0.29) is 24.1 Å². The van der Waals surface area contributed by atoms with Gasteiger partial charge in [-0.1, -0.05) is 0 Å². The second kappa shape index (κ2) is 4.77. The topological polar surface area (TPSA) is 68.9 Å². The molecule has 0 spiro atoms. The summed E-state index contributed by atoms with van der Waals surface area (Å²) in [5.41, 5.74) is -0.202. The molecule has 0 atom stereocenters. The van der Waals surface area contributed by atoms with E-state index in [2.05, 4.69) is 10.4 Å². The summed E-state index contributed by atoms with van der Waals surface area (Å²) < 4.78 is 2.65. The number of aryl methyl sites for hydroxylation is 2. The highest BCUT2D eigenvalue weighted by Gasteiger charge is 2.06. The average Bonchev–Trinajstić information content (AvgIpc) is 2.44. The Morgan fingerprint density at radius 2 is 2.27 bits per heavy atom. The molecule has 6 heteroatoms. The molecule has 0 aliphatic carbocycles. The molecule has 0 aromatic carbocycles. The Morgan fingerprint density at radius 1 is 1.60 bits per heavy atom. The van der Waals surface area contributed by atoms with Crippen LogP contribution in [0, 0.1) is 0 Å². The third kappa shape index (κ3) is 3.23. The Labute approximate surface area is 87.9 Å². The summed E-state index contributed by atoms with van der Waals surface area (Å²) in [6, 6.07) is 0.123. The standard InChI is InChI=1S/C9H16N4O2/c1-7(2)11-8(14)4-5-13-9(15)12(3)6-10-13/h6-7H,4-5H2,1-3H3,(H,11,14). The van der Waals surface area contributed by atoms with Crippen LogP contribution in [0.4, 0.5) is 0 Å². The normalized spacial score (nSPS) is 10.7. The van der Waals surface area contributed by atoms with Crippen molar-refractivity contribution in [3.8, 4) is 0 Å². The molecule has 0 radical (unpaired) electrons. The molecule has 0 aliphatic rings. The molecule has 1 aromatic heterocycles. The van der Waals surface area contributed by atoms with Gasteiger partial charge in [-0.05, 0) is 13.8 Å². The first-order chi connectivity index (χ1) is 7.00. The maximum absolute atomic E-state index is 11.3. The summed E-state index contributed by atoms with van der Waals surface area (Å²) in [4.78, 5) is 22.6. The first-order valence-corrected chi connectivity index (χ1v) is 4.88. The summed E-state index contributed by atoms with van der Waals surface area (Å²) in [5.74, 6) is -0.0671. The Morgan fingerprint density at radius 3 is 2.73 bits per heavy atom. The Balaban J connectivity index is 2.47. The number of carbonyl (C=O) groups is 1. The van der Waals surface area contributed by atoms with Gasteiger partial charge in [-0.2, -0.15) is 5.10 Å². The van der Waals surface area contributed by atoms with Crippen molar-refractivity contribution in [2.24, 2.45) is 7.05 Å². The van der Waals surface area contributed by atoms with Crippen LogP contribution in [0.1, 0.15) is 20.3 Å². The lowest BCUT2D eigenvalue weighted by molar-refractivity contribution is -0.121. The van der Waals surface area contributed by atoms with Crippen molar-refractivity contribution in [3.05, 3.63) is 16.8 Å². The highest BCUT2D eigenvalue weighted by Crippen LogP contribution is 1.87. The zero-order valence-electron chi connectivity index (χ0n) is 9.23. The predicted molar refractivity (Wildman–Crippen MR) is 55.4 cm³/mol. The third-order valence-electron chi connectivity index (χ3n) is 1.89. The van der Waals surface area contributed by atoms with E-state index in [1.165, 1.54) is 15.6 Å². The van der Waals surface area contributed by atoms with Crippen LogP contribution in [0.3, 0.4) is 0 Å². The van der Waals surface area contributed by atoms with Gasteiger partial charge >= 0.3 is 5.69 Å². The molecular formula is C9H16N4O2. The summed E-state index contributed by atoms with van der Waals surface area (Å²) in [7, 11) is 1.63. The highest BCUT2D eigenvalue weighted by atomic mass is 16.2. The summed E-state index contributed by atoms with van der Waals surface area (Å²) in [6.45, 7) is 4.11. The molecule has 6 nitrogen and oxygen atoms in total. The van der Waals surface area contributed by atoms with Crippen LogP contribution in [0.25, 0.3) is 0 Å². The van der Waals surface area contributed by atoms with Crippen molar-refractivity contribution in [2.45, 2.75) is 32.9 Å². The largest absolute Gasteiger partial charge is 0.354 e. The maximum atomic E-state index is 11.3. The van der Waals surface area contributed by atoms with E-state index in [9.17, 15) is 9.59 Å². The monoisotopic (exact) mass is 212 g/mol. The maximum Gasteiger partial charge on any atom is 0.345 e. The number of nitrogens with zero attached hydrogens (tertiary/aromatic N) is 3. The summed E-state index contributed by atoms with van der Waals surface area (Å²) in [5, 5.41) is 6.60. The van der Waals surface area contributed by atoms with Crippen molar-refractivity contribution in [1.82, 2.24) is 19.7 Å². The van der Waals surface area contributed by atoms with Crippen LogP contribution in [0.15, 0.2) is 11.1 Å². The van der Waals surface area contributed by atoms with Crippen LogP contribution in [-0.2, 0) is 18.4 Å². The van der Waals surface area contributed by atoms with E-state index in [4.69, 9.17) is 0 Å². The third-order valence-corrected chi connectivity index (χ3v) is 1.89. The SMILES string of the molecule is CC(C)NC(=O)CCn1ncn(C)c1=O. The molecule has 0 bridgehead atoms. The minimum atomic E-state index is -0.202. The van der Waals surface area contributed by atoms with Gasteiger partial charge in [0.2, 0.25) is 5.91 Å². The van der Waals surface area contributed by atoms with Crippen molar-refractivity contribution < 1.29 is 4.79 Å². The van der Waals surface area contributed by atoms with Crippen LogP contribution in [0.5, 0.6) is 0 Å². The Kier molecular flexibility index (Phi) is 3.65. The quantitative estimate of drug-likeness (QED) is 0.731. The molecular weight excluding hydrogens is 196 g/mol. The first kappa shape index (κ1) is 11.5. The molecule has 1 amide bonds. The van der Waals surface area contributed by atoms with Crippen molar-refractivity contribution in [1.29, 1.82) is 0 Å². The van der Waals surface area contributed by atoms with Gasteiger partial charge in [0.1, 0.15) is 6.33 Å². The zero-order valence-corrected chi connectivity index (χ0v) is 9.23. The van der Waals surface area contributed by atoms with Crippen LogP contribution < -0.4 is 11.0 Å². The number of carbonyl (C=O) groups excluding carboxylic acids is 1. The van der Waals surface area contributed by atoms with E-state index in [0.29, 0.717) is 6.54 Å². The number of aromatic nitrogens is 3. The van der Waals surface area contributed by atoms with E-state index in [0.717, 1.165) is 0 Å². The molecule has 0 aliphatic heterocycles. The molecule has 0 saturated carbocycles. The Hall–Kier alpha value is -1.59. The van der Waals surface area contributed by atoms with Crippen LogP contribution in [-0.4, -0.2) is 26.3 Å². The van der Waals surface area contributed by atoms with E-state index >= 15 is 0 Å². The highest BCUT2D eigenvalue weighted by molar-refractivity contribution is 5.75. The summed E-state index contributed by atoms with van der Waals surface area (Å²) >= 11 is 0. The van der Waals surface area contributed by atoms with E-state index in [1.807, 2.05) is 13.8 Å². The van der Waals surface area contributed by atoms with E-state index in [1.54, 1.807) is 7.05 Å². The fourth-order valence-electron chi connectivity index (χ4n) is 1.18. The number of rotatable bonds is 4. The second-order valence-electron chi connectivity index (χ2n) is 3.72. The molecule has 1 aromatic rings. The van der Waals surface area contributed by atoms with Gasteiger partial charge in [0.25, 0.3) is 0 Å². The molecule has 84 valence electrons. The minimum Gasteiger partial charge on any atom is -0.354 e. The molecule has 0 unspecified atom stereocenters.